The zero-order valence-corrected chi connectivity index (χ0v) is 16.1. The predicted octanol–water partition coefficient (Wildman–Crippen LogP) is 5.13. The number of thiocarbonyl (C=S) groups is 1. The van der Waals surface area contributed by atoms with Crippen molar-refractivity contribution in [3.63, 3.8) is 0 Å². The molecule has 0 radical (unpaired) electrons. The molecule has 1 aromatic carbocycles. The van der Waals surface area contributed by atoms with Crippen molar-refractivity contribution in [1.29, 1.82) is 0 Å². The second-order valence-corrected chi connectivity index (χ2v) is 6.33. The van der Waals surface area contributed by atoms with Gasteiger partial charge < -0.3 is 20.1 Å². The van der Waals surface area contributed by atoms with Gasteiger partial charge >= 0.3 is 0 Å². The van der Waals surface area contributed by atoms with Crippen LogP contribution in [-0.2, 0) is 0 Å². The second kappa shape index (κ2) is 12.9. The van der Waals surface area contributed by atoms with Crippen LogP contribution >= 0.6 is 12.2 Å². The van der Waals surface area contributed by atoms with E-state index in [0.29, 0.717) is 10.9 Å². The van der Waals surface area contributed by atoms with Crippen LogP contribution in [-0.4, -0.2) is 25.9 Å². The zero-order valence-electron chi connectivity index (χ0n) is 15.3. The molecule has 0 saturated carbocycles. The molecule has 5 heteroatoms. The molecule has 0 fully saturated rings. The minimum absolute atomic E-state index is 0.626. The summed E-state index contributed by atoms with van der Waals surface area (Å²) < 4.78 is 10.6. The standard InChI is InChI=1S/C19H32N2O2S/c1-4-5-6-7-8-9-10-11-14-20-19(24)21-17-13-12-16(22-2)15-18(17)23-3/h12-13,15H,4-11,14H2,1-3H3,(H2,20,21,24). The van der Waals surface area contributed by atoms with Crippen molar-refractivity contribution in [1.82, 2.24) is 5.32 Å². The molecule has 0 atom stereocenters. The summed E-state index contributed by atoms with van der Waals surface area (Å²) in [4.78, 5) is 0. The molecule has 24 heavy (non-hydrogen) atoms. The first-order valence-corrected chi connectivity index (χ1v) is 9.39. The highest BCUT2D eigenvalue weighted by atomic mass is 32.1. The van der Waals surface area contributed by atoms with Crippen molar-refractivity contribution in [3.05, 3.63) is 18.2 Å². The molecule has 0 heterocycles. The molecule has 2 N–H and O–H groups in total. The third kappa shape index (κ3) is 8.39. The van der Waals surface area contributed by atoms with Gasteiger partial charge in [0.1, 0.15) is 11.5 Å². The molecule has 4 nitrogen and oxygen atoms in total. The Balaban J connectivity index is 2.18. The van der Waals surface area contributed by atoms with Crippen LogP contribution in [0.4, 0.5) is 5.69 Å². The number of hydrogen-bond donors (Lipinski definition) is 2. The molecular weight excluding hydrogens is 320 g/mol. The first-order valence-electron chi connectivity index (χ1n) is 8.98. The molecule has 0 bridgehead atoms. The van der Waals surface area contributed by atoms with Gasteiger partial charge in [0.2, 0.25) is 0 Å². The van der Waals surface area contributed by atoms with Crippen molar-refractivity contribution in [2.75, 3.05) is 26.1 Å². The highest BCUT2D eigenvalue weighted by molar-refractivity contribution is 7.80. The van der Waals surface area contributed by atoms with E-state index in [9.17, 15) is 0 Å². The maximum Gasteiger partial charge on any atom is 0.170 e. The van der Waals surface area contributed by atoms with Crippen molar-refractivity contribution in [2.24, 2.45) is 0 Å². The minimum Gasteiger partial charge on any atom is -0.497 e. The summed E-state index contributed by atoms with van der Waals surface area (Å²) in [6.45, 7) is 3.16. The van der Waals surface area contributed by atoms with Gasteiger partial charge in [-0.3, -0.25) is 0 Å². The summed E-state index contributed by atoms with van der Waals surface area (Å²) in [5.41, 5.74) is 0.840. The first-order chi connectivity index (χ1) is 11.7. The van der Waals surface area contributed by atoms with E-state index >= 15 is 0 Å². The van der Waals surface area contributed by atoms with Crippen LogP contribution in [0.5, 0.6) is 11.5 Å². The van der Waals surface area contributed by atoms with E-state index in [1.807, 2.05) is 18.2 Å². The molecule has 0 spiro atoms. The lowest BCUT2D eigenvalue weighted by Gasteiger charge is -2.14. The van der Waals surface area contributed by atoms with E-state index in [-0.39, 0.29) is 0 Å². The fourth-order valence-corrected chi connectivity index (χ4v) is 2.74. The van der Waals surface area contributed by atoms with Crippen molar-refractivity contribution >= 4 is 23.0 Å². The minimum atomic E-state index is 0.626. The zero-order chi connectivity index (χ0) is 17.6. The highest BCUT2D eigenvalue weighted by Gasteiger charge is 2.06. The molecule has 0 saturated heterocycles. The summed E-state index contributed by atoms with van der Waals surface area (Å²) in [6, 6.07) is 5.62. The van der Waals surface area contributed by atoms with Gasteiger partial charge in [0.05, 0.1) is 19.9 Å². The number of unbranched alkanes of at least 4 members (excludes halogenated alkanes) is 7. The van der Waals surface area contributed by atoms with Gasteiger partial charge in [-0.25, -0.2) is 0 Å². The molecule has 1 aromatic rings. The highest BCUT2D eigenvalue weighted by Crippen LogP contribution is 2.28. The third-order valence-corrected chi connectivity index (χ3v) is 4.22. The topological polar surface area (TPSA) is 42.5 Å². The van der Waals surface area contributed by atoms with E-state index in [2.05, 4.69) is 17.6 Å². The molecule has 0 aliphatic carbocycles. The second-order valence-electron chi connectivity index (χ2n) is 5.92. The Morgan fingerprint density at radius 2 is 1.62 bits per heavy atom. The lowest BCUT2D eigenvalue weighted by molar-refractivity contribution is 0.395. The number of ether oxygens (including phenoxy) is 2. The van der Waals surface area contributed by atoms with Gasteiger partial charge in [-0.1, -0.05) is 51.9 Å². The number of rotatable bonds is 12. The third-order valence-electron chi connectivity index (χ3n) is 3.97. The van der Waals surface area contributed by atoms with Crippen molar-refractivity contribution < 1.29 is 9.47 Å². The quantitative estimate of drug-likeness (QED) is 0.403. The number of anilines is 1. The van der Waals surface area contributed by atoms with E-state index < -0.39 is 0 Å². The Labute approximate surface area is 152 Å². The Morgan fingerprint density at radius 3 is 2.25 bits per heavy atom. The average molecular weight is 353 g/mol. The number of methoxy groups -OCH3 is 2. The smallest absolute Gasteiger partial charge is 0.170 e. The van der Waals surface area contributed by atoms with Crippen LogP contribution in [0.25, 0.3) is 0 Å². The first kappa shape index (κ1) is 20.6. The van der Waals surface area contributed by atoms with Gasteiger partial charge in [0.15, 0.2) is 5.11 Å². The van der Waals surface area contributed by atoms with Crippen molar-refractivity contribution in [3.8, 4) is 11.5 Å². The normalized spacial score (nSPS) is 10.3. The van der Waals surface area contributed by atoms with Crippen LogP contribution in [0.3, 0.4) is 0 Å². The Kier molecular flexibility index (Phi) is 11.0. The van der Waals surface area contributed by atoms with E-state index in [0.717, 1.165) is 24.4 Å². The molecule has 0 amide bonds. The summed E-state index contributed by atoms with van der Waals surface area (Å²) in [6.07, 6.45) is 10.5. The molecule has 0 aliphatic rings. The van der Waals surface area contributed by atoms with Gasteiger partial charge in [-0.15, -0.1) is 0 Å². The Morgan fingerprint density at radius 1 is 0.958 bits per heavy atom. The Hall–Kier alpha value is -1.49. The molecule has 1 rings (SSSR count). The summed E-state index contributed by atoms with van der Waals surface area (Å²) in [7, 11) is 3.27. The fraction of sp³-hybridized carbons (Fsp3) is 0.632. The average Bonchev–Trinajstić information content (AvgIpc) is 2.60. The van der Waals surface area contributed by atoms with Gasteiger partial charge in [0, 0.05) is 12.6 Å². The number of nitrogens with one attached hydrogen (secondary N) is 2. The summed E-state index contributed by atoms with van der Waals surface area (Å²) in [5.74, 6) is 1.47. The van der Waals surface area contributed by atoms with E-state index in [1.54, 1.807) is 14.2 Å². The van der Waals surface area contributed by atoms with Crippen LogP contribution in [0, 0.1) is 0 Å². The molecule has 0 aliphatic heterocycles. The van der Waals surface area contributed by atoms with Gasteiger partial charge in [0.25, 0.3) is 0 Å². The lowest BCUT2D eigenvalue weighted by Crippen LogP contribution is -2.29. The van der Waals surface area contributed by atoms with Crippen LogP contribution in [0.15, 0.2) is 18.2 Å². The lowest BCUT2D eigenvalue weighted by atomic mass is 10.1. The largest absolute Gasteiger partial charge is 0.497 e. The number of benzene rings is 1. The van der Waals surface area contributed by atoms with Crippen molar-refractivity contribution in [2.45, 2.75) is 58.3 Å². The van der Waals surface area contributed by atoms with Gasteiger partial charge in [-0.05, 0) is 30.8 Å². The number of hydrogen-bond acceptors (Lipinski definition) is 3. The molecule has 0 unspecified atom stereocenters. The van der Waals surface area contributed by atoms with E-state index in [1.165, 1.54) is 44.9 Å². The van der Waals surface area contributed by atoms with Gasteiger partial charge in [-0.2, -0.15) is 0 Å². The van der Waals surface area contributed by atoms with Crippen LogP contribution in [0.2, 0.25) is 0 Å². The maximum atomic E-state index is 5.36. The molecule has 0 aromatic heterocycles. The summed E-state index contributed by atoms with van der Waals surface area (Å²) in [5, 5.41) is 7.06. The SMILES string of the molecule is CCCCCCCCCCNC(=S)Nc1ccc(OC)cc1OC. The monoisotopic (exact) mass is 352 g/mol. The van der Waals surface area contributed by atoms with Crippen LogP contribution in [0.1, 0.15) is 58.3 Å². The molecule has 136 valence electrons. The van der Waals surface area contributed by atoms with E-state index in [4.69, 9.17) is 21.7 Å². The molecular formula is C19H32N2O2S. The van der Waals surface area contributed by atoms with Crippen LogP contribution < -0.4 is 20.1 Å². The maximum absolute atomic E-state index is 5.36. The predicted molar refractivity (Wildman–Crippen MR) is 106 cm³/mol. The summed E-state index contributed by atoms with van der Waals surface area (Å²) >= 11 is 5.34. The Bertz CT molecular complexity index is 480. The fourth-order valence-electron chi connectivity index (χ4n) is 2.53.